The van der Waals surface area contributed by atoms with Crippen LogP contribution in [-0.2, 0) is 26.0 Å². The number of amides is 2. The van der Waals surface area contributed by atoms with Gasteiger partial charge in [-0.2, -0.15) is 5.10 Å². The second kappa shape index (κ2) is 8.33. The van der Waals surface area contributed by atoms with Crippen LogP contribution in [0.5, 0.6) is 0 Å². The van der Waals surface area contributed by atoms with E-state index in [-0.39, 0.29) is 23.6 Å². The van der Waals surface area contributed by atoms with Crippen molar-refractivity contribution in [1.29, 1.82) is 0 Å². The zero-order valence-corrected chi connectivity index (χ0v) is 15.9. The molecule has 0 saturated carbocycles. The number of nitrogens with zero attached hydrogens (tertiary/aromatic N) is 2. The Kier molecular flexibility index (Phi) is 6.38. The predicted molar refractivity (Wildman–Crippen MR) is 96.1 cm³/mol. The number of aryl methyl sites for hydroxylation is 2. The molecule has 2 rings (SSSR count). The normalized spacial score (nSPS) is 11.2. The molecule has 0 aliphatic carbocycles. The number of sulfone groups is 1. The highest BCUT2D eigenvalue weighted by molar-refractivity contribution is 7.91. The zero-order chi connectivity index (χ0) is 19.3. The first kappa shape index (κ1) is 19.9. The first-order chi connectivity index (χ1) is 12.2. The van der Waals surface area contributed by atoms with Crippen LogP contribution in [0.15, 0.2) is 35.2 Å². The number of hydrogen-bond donors (Lipinski definition) is 2. The number of hydrazine groups is 1. The molecule has 0 atom stereocenters. The van der Waals surface area contributed by atoms with E-state index in [2.05, 4.69) is 16.0 Å². The molecule has 1 heterocycles. The van der Waals surface area contributed by atoms with Gasteiger partial charge in [0.25, 0.3) is 5.91 Å². The molecular weight excluding hydrogens is 380 g/mol. The summed E-state index contributed by atoms with van der Waals surface area (Å²) in [6, 6.07) is 7.52. The molecule has 2 aromatic rings. The third kappa shape index (κ3) is 5.57. The van der Waals surface area contributed by atoms with Gasteiger partial charge in [-0.05, 0) is 44.2 Å². The van der Waals surface area contributed by atoms with Gasteiger partial charge in [0, 0.05) is 17.1 Å². The van der Waals surface area contributed by atoms with E-state index in [1.165, 1.54) is 28.9 Å². The number of benzene rings is 1. The molecule has 0 aliphatic rings. The summed E-state index contributed by atoms with van der Waals surface area (Å²) in [6.45, 7) is 3.57. The van der Waals surface area contributed by atoms with Crippen molar-refractivity contribution in [2.24, 2.45) is 0 Å². The molecule has 0 unspecified atom stereocenters. The SMILES string of the molecule is Cc1cc(C)n(CC(=O)NNC(=O)CCS(=O)(=O)c2ccc(Cl)cc2)n1. The number of nitrogens with one attached hydrogen (secondary N) is 2. The predicted octanol–water partition coefficient (Wildman–Crippen LogP) is 1.16. The number of aromatic nitrogens is 2. The molecule has 2 N–H and O–H groups in total. The lowest BCUT2D eigenvalue weighted by atomic mass is 10.4. The molecule has 0 saturated heterocycles. The van der Waals surface area contributed by atoms with Gasteiger partial charge in [-0.1, -0.05) is 11.6 Å². The highest BCUT2D eigenvalue weighted by Crippen LogP contribution is 2.15. The summed E-state index contributed by atoms with van der Waals surface area (Å²) in [4.78, 5) is 23.7. The minimum absolute atomic E-state index is 0.0526. The van der Waals surface area contributed by atoms with Crippen molar-refractivity contribution in [3.8, 4) is 0 Å². The first-order valence-corrected chi connectivity index (χ1v) is 9.77. The van der Waals surface area contributed by atoms with Gasteiger partial charge in [0.1, 0.15) is 6.54 Å². The Balaban J connectivity index is 1.80. The smallest absolute Gasteiger partial charge is 0.260 e. The number of carbonyl (C=O) groups excluding carboxylic acids is 2. The van der Waals surface area contributed by atoms with E-state index in [0.717, 1.165) is 11.4 Å². The van der Waals surface area contributed by atoms with Crippen LogP contribution in [-0.4, -0.2) is 35.8 Å². The van der Waals surface area contributed by atoms with E-state index in [1.54, 1.807) is 0 Å². The molecule has 0 radical (unpaired) electrons. The summed E-state index contributed by atoms with van der Waals surface area (Å²) in [6.07, 6.45) is -0.287. The van der Waals surface area contributed by atoms with Crippen molar-refractivity contribution in [2.75, 3.05) is 5.75 Å². The van der Waals surface area contributed by atoms with E-state index in [9.17, 15) is 18.0 Å². The van der Waals surface area contributed by atoms with E-state index in [1.807, 2.05) is 19.9 Å². The van der Waals surface area contributed by atoms with Crippen LogP contribution in [0.4, 0.5) is 0 Å². The number of hydrogen-bond acceptors (Lipinski definition) is 5. The number of halogens is 1. The van der Waals surface area contributed by atoms with Gasteiger partial charge in [-0.25, -0.2) is 8.42 Å². The van der Waals surface area contributed by atoms with Crippen LogP contribution >= 0.6 is 11.6 Å². The zero-order valence-electron chi connectivity index (χ0n) is 14.3. The Bertz CT molecular complexity index is 907. The van der Waals surface area contributed by atoms with E-state index in [0.29, 0.717) is 5.02 Å². The lowest BCUT2D eigenvalue weighted by Crippen LogP contribution is -2.43. The Hall–Kier alpha value is -2.39. The number of carbonyl (C=O) groups is 2. The van der Waals surface area contributed by atoms with Crippen molar-refractivity contribution in [3.63, 3.8) is 0 Å². The third-order valence-corrected chi connectivity index (χ3v) is 5.49. The second-order valence-electron chi connectivity index (χ2n) is 5.70. The molecular formula is C16H19ClN4O4S. The molecule has 26 heavy (non-hydrogen) atoms. The van der Waals surface area contributed by atoms with E-state index >= 15 is 0 Å². The second-order valence-corrected chi connectivity index (χ2v) is 8.25. The molecule has 140 valence electrons. The van der Waals surface area contributed by atoms with Gasteiger partial charge in [-0.15, -0.1) is 0 Å². The molecule has 0 fully saturated rings. The molecule has 1 aromatic carbocycles. The Labute approximate surface area is 156 Å². The van der Waals surface area contributed by atoms with Gasteiger partial charge < -0.3 is 0 Å². The fourth-order valence-corrected chi connectivity index (χ4v) is 3.57. The summed E-state index contributed by atoms with van der Waals surface area (Å²) in [7, 11) is -3.61. The Morgan fingerprint density at radius 3 is 2.31 bits per heavy atom. The lowest BCUT2D eigenvalue weighted by molar-refractivity contribution is -0.129. The maximum absolute atomic E-state index is 12.1. The Morgan fingerprint density at radius 1 is 1.12 bits per heavy atom. The van der Waals surface area contributed by atoms with Crippen LogP contribution in [0, 0.1) is 13.8 Å². The average molecular weight is 399 g/mol. The largest absolute Gasteiger partial charge is 0.273 e. The molecule has 1 aromatic heterocycles. The summed E-state index contributed by atoms with van der Waals surface area (Å²) in [5, 5.41) is 4.56. The summed E-state index contributed by atoms with van der Waals surface area (Å²) in [5.41, 5.74) is 6.04. The summed E-state index contributed by atoms with van der Waals surface area (Å²) >= 11 is 5.72. The summed E-state index contributed by atoms with van der Waals surface area (Å²) in [5.74, 6) is -1.46. The highest BCUT2D eigenvalue weighted by Gasteiger charge is 2.17. The molecule has 0 aliphatic heterocycles. The van der Waals surface area contributed by atoms with Crippen molar-refractivity contribution < 1.29 is 18.0 Å². The van der Waals surface area contributed by atoms with Crippen molar-refractivity contribution >= 4 is 33.3 Å². The Morgan fingerprint density at radius 2 is 1.73 bits per heavy atom. The topological polar surface area (TPSA) is 110 Å². The van der Waals surface area contributed by atoms with Crippen LogP contribution in [0.1, 0.15) is 17.8 Å². The lowest BCUT2D eigenvalue weighted by Gasteiger charge is -2.09. The van der Waals surface area contributed by atoms with Crippen LogP contribution in [0.3, 0.4) is 0 Å². The van der Waals surface area contributed by atoms with Gasteiger partial charge in [0.2, 0.25) is 5.91 Å². The minimum Gasteiger partial charge on any atom is -0.273 e. The highest BCUT2D eigenvalue weighted by atomic mass is 35.5. The monoisotopic (exact) mass is 398 g/mol. The quantitative estimate of drug-likeness (QED) is 0.709. The molecule has 10 heteroatoms. The minimum atomic E-state index is -3.61. The third-order valence-electron chi connectivity index (χ3n) is 3.51. The van der Waals surface area contributed by atoms with Gasteiger partial charge in [0.05, 0.1) is 16.3 Å². The maximum atomic E-state index is 12.1. The molecule has 2 amide bonds. The van der Waals surface area contributed by atoms with E-state index in [4.69, 9.17) is 11.6 Å². The first-order valence-electron chi connectivity index (χ1n) is 7.74. The standard InChI is InChI=1S/C16H19ClN4O4S/c1-11-9-12(2)21(20-11)10-16(23)19-18-15(22)7-8-26(24,25)14-5-3-13(17)4-6-14/h3-6,9H,7-8,10H2,1-2H3,(H,18,22)(H,19,23). The van der Waals surface area contributed by atoms with Gasteiger partial charge in [-0.3, -0.25) is 25.1 Å². The van der Waals surface area contributed by atoms with Crippen LogP contribution in [0.2, 0.25) is 5.02 Å². The fourth-order valence-electron chi connectivity index (χ4n) is 2.20. The van der Waals surface area contributed by atoms with Crippen LogP contribution < -0.4 is 10.9 Å². The average Bonchev–Trinajstić information content (AvgIpc) is 2.89. The van der Waals surface area contributed by atoms with Crippen LogP contribution in [0.25, 0.3) is 0 Å². The maximum Gasteiger partial charge on any atom is 0.260 e. The summed E-state index contributed by atoms with van der Waals surface area (Å²) < 4.78 is 25.8. The van der Waals surface area contributed by atoms with Gasteiger partial charge >= 0.3 is 0 Å². The van der Waals surface area contributed by atoms with E-state index < -0.39 is 21.7 Å². The molecule has 8 nitrogen and oxygen atoms in total. The van der Waals surface area contributed by atoms with Gasteiger partial charge in [0.15, 0.2) is 9.84 Å². The number of rotatable bonds is 6. The van der Waals surface area contributed by atoms with Crippen molar-refractivity contribution in [3.05, 3.63) is 46.7 Å². The molecule has 0 spiro atoms. The van der Waals surface area contributed by atoms with Crippen molar-refractivity contribution in [1.82, 2.24) is 20.6 Å². The van der Waals surface area contributed by atoms with Crippen molar-refractivity contribution in [2.45, 2.75) is 31.7 Å². The molecule has 0 bridgehead atoms. The fraction of sp³-hybridized carbons (Fsp3) is 0.312.